The Bertz CT molecular complexity index is 415. The summed E-state index contributed by atoms with van der Waals surface area (Å²) in [4.78, 5) is 12.7. The molecule has 0 saturated heterocycles. The maximum atomic E-state index is 12.4. The van der Waals surface area contributed by atoms with Crippen molar-refractivity contribution in [2.24, 2.45) is 0 Å². The predicted molar refractivity (Wildman–Crippen MR) is 65.8 cm³/mol. The maximum absolute atomic E-state index is 12.4. The van der Waals surface area contributed by atoms with Gasteiger partial charge in [-0.2, -0.15) is 13.2 Å². The van der Waals surface area contributed by atoms with Gasteiger partial charge in [-0.3, -0.25) is 4.90 Å². The fourth-order valence-corrected chi connectivity index (χ4v) is 1.34. The summed E-state index contributed by atoms with van der Waals surface area (Å²) in [6, 6.07) is 4.31. The lowest BCUT2D eigenvalue weighted by Crippen LogP contribution is -2.27. The van der Waals surface area contributed by atoms with Crippen molar-refractivity contribution in [3.05, 3.63) is 36.8 Å². The number of carbonyl (C=O) groups is 1. The van der Waals surface area contributed by atoms with Crippen molar-refractivity contribution in [1.29, 1.82) is 0 Å². The third-order valence-electron chi connectivity index (χ3n) is 2.48. The number of halogens is 3. The van der Waals surface area contributed by atoms with Crippen LogP contribution in [-0.2, 0) is 10.9 Å². The monoisotopic (exact) mass is 274 g/mol. The molecule has 0 heterocycles. The van der Waals surface area contributed by atoms with Crippen LogP contribution in [0.25, 0.3) is 0 Å². The number of hydrogen-bond donors (Lipinski definition) is 0. The van der Waals surface area contributed by atoms with Crippen LogP contribution in [0.1, 0.15) is 18.4 Å². The van der Waals surface area contributed by atoms with Crippen LogP contribution in [0.3, 0.4) is 0 Å². The van der Waals surface area contributed by atoms with E-state index < -0.39 is 17.8 Å². The molecule has 0 fully saturated rings. The number of alkyl halides is 3. The van der Waals surface area contributed by atoms with Crippen LogP contribution in [0.4, 0.5) is 23.7 Å². The Morgan fingerprint density at radius 2 is 1.89 bits per heavy atom. The van der Waals surface area contributed by atoms with Gasteiger partial charge in [0, 0.05) is 12.7 Å². The summed E-state index contributed by atoms with van der Waals surface area (Å²) in [5.74, 6) is 0. The van der Waals surface area contributed by atoms with Crippen LogP contribution in [-0.4, -0.2) is 19.7 Å². The molecule has 1 radical (unpaired) electrons. The topological polar surface area (TPSA) is 29.5 Å². The summed E-state index contributed by atoms with van der Waals surface area (Å²) in [5, 5.41) is 0. The average Bonchev–Trinajstić information content (AvgIpc) is 2.37. The van der Waals surface area contributed by atoms with Gasteiger partial charge in [-0.1, -0.05) is 13.3 Å². The molecular formula is C13H15F3NO2. The number of benzene rings is 1. The van der Waals surface area contributed by atoms with E-state index >= 15 is 0 Å². The van der Waals surface area contributed by atoms with Crippen molar-refractivity contribution in [2.75, 3.05) is 18.6 Å². The van der Waals surface area contributed by atoms with Gasteiger partial charge in [-0.25, -0.2) is 4.79 Å². The Morgan fingerprint density at radius 1 is 1.32 bits per heavy atom. The van der Waals surface area contributed by atoms with Crippen LogP contribution in [0.2, 0.25) is 0 Å². The summed E-state index contributed by atoms with van der Waals surface area (Å²) in [6.07, 6.45) is -3.69. The molecule has 0 bridgehead atoms. The minimum Gasteiger partial charge on any atom is -0.449 e. The highest BCUT2D eigenvalue weighted by atomic mass is 19.4. The number of rotatable bonds is 4. The van der Waals surface area contributed by atoms with Crippen molar-refractivity contribution in [3.63, 3.8) is 0 Å². The lowest BCUT2D eigenvalue weighted by Gasteiger charge is -2.17. The Kier molecular flexibility index (Phi) is 5.20. The van der Waals surface area contributed by atoms with Crippen molar-refractivity contribution < 1.29 is 22.7 Å². The molecule has 0 N–H and O–H groups in total. The van der Waals surface area contributed by atoms with Crippen molar-refractivity contribution in [2.45, 2.75) is 19.0 Å². The quantitative estimate of drug-likeness (QED) is 0.779. The van der Waals surface area contributed by atoms with E-state index in [1.165, 1.54) is 19.2 Å². The summed E-state index contributed by atoms with van der Waals surface area (Å²) in [7, 11) is 1.44. The highest BCUT2D eigenvalue weighted by molar-refractivity contribution is 5.86. The lowest BCUT2D eigenvalue weighted by molar-refractivity contribution is -0.137. The summed E-state index contributed by atoms with van der Waals surface area (Å²) in [5.41, 5.74) is -0.414. The van der Waals surface area contributed by atoms with Crippen LogP contribution < -0.4 is 4.90 Å². The fraction of sp³-hybridized carbons (Fsp3) is 0.385. The normalized spacial score (nSPS) is 11.2. The molecule has 0 aliphatic heterocycles. The van der Waals surface area contributed by atoms with Crippen LogP contribution in [0.5, 0.6) is 0 Å². The molecule has 0 atom stereocenters. The lowest BCUT2D eigenvalue weighted by atomic mass is 10.2. The average molecular weight is 274 g/mol. The van der Waals surface area contributed by atoms with Crippen molar-refractivity contribution in [3.8, 4) is 0 Å². The Hall–Kier alpha value is -1.72. The van der Waals surface area contributed by atoms with Gasteiger partial charge < -0.3 is 4.74 Å². The van der Waals surface area contributed by atoms with E-state index in [9.17, 15) is 18.0 Å². The zero-order valence-corrected chi connectivity index (χ0v) is 10.5. The van der Waals surface area contributed by atoms with E-state index in [1.54, 1.807) is 0 Å². The highest BCUT2D eigenvalue weighted by Gasteiger charge is 2.30. The van der Waals surface area contributed by atoms with Gasteiger partial charge in [0.2, 0.25) is 0 Å². The predicted octanol–water partition coefficient (Wildman–Crippen LogP) is 3.89. The first-order chi connectivity index (χ1) is 8.86. The smallest absolute Gasteiger partial charge is 0.416 e. The van der Waals surface area contributed by atoms with Gasteiger partial charge in [-0.05, 0) is 30.7 Å². The maximum Gasteiger partial charge on any atom is 0.416 e. The molecule has 105 valence electrons. The van der Waals surface area contributed by atoms with E-state index in [2.05, 4.69) is 6.92 Å². The SMILES string of the molecule is [CH2]CCCOC(=O)N(C)c1ccc(C(F)(F)F)cc1. The standard InChI is InChI=1S/C13H15F3NO2/c1-3-4-9-19-12(18)17(2)11-7-5-10(6-8-11)13(14,15)16/h5-8H,1,3-4,9H2,2H3. The summed E-state index contributed by atoms with van der Waals surface area (Å²) in [6.45, 7) is 3.85. The molecule has 0 aromatic heterocycles. The second-order valence-electron chi connectivity index (χ2n) is 3.93. The number of amides is 1. The molecule has 0 aliphatic carbocycles. The zero-order valence-electron chi connectivity index (χ0n) is 10.5. The number of nitrogens with zero attached hydrogens (tertiary/aromatic N) is 1. The summed E-state index contributed by atoms with van der Waals surface area (Å²) >= 11 is 0. The van der Waals surface area contributed by atoms with Gasteiger partial charge in [-0.15, -0.1) is 0 Å². The molecular weight excluding hydrogens is 259 g/mol. The number of anilines is 1. The van der Waals surface area contributed by atoms with Gasteiger partial charge in [0.15, 0.2) is 0 Å². The van der Waals surface area contributed by atoms with Gasteiger partial charge in [0.25, 0.3) is 0 Å². The van der Waals surface area contributed by atoms with E-state index in [0.29, 0.717) is 18.5 Å². The zero-order chi connectivity index (χ0) is 14.5. The molecule has 1 rings (SSSR count). The van der Waals surface area contributed by atoms with Gasteiger partial charge in [0.1, 0.15) is 0 Å². The number of hydrogen-bond acceptors (Lipinski definition) is 2. The second kappa shape index (κ2) is 6.45. The largest absolute Gasteiger partial charge is 0.449 e. The molecule has 1 aromatic rings. The van der Waals surface area contributed by atoms with Crippen LogP contribution >= 0.6 is 0 Å². The minimum absolute atomic E-state index is 0.243. The first kappa shape index (κ1) is 15.3. The van der Waals surface area contributed by atoms with Gasteiger partial charge in [0.05, 0.1) is 12.2 Å². The second-order valence-corrected chi connectivity index (χ2v) is 3.93. The molecule has 0 unspecified atom stereocenters. The molecule has 1 aromatic carbocycles. The van der Waals surface area contributed by atoms with Crippen LogP contribution in [0, 0.1) is 6.92 Å². The van der Waals surface area contributed by atoms with E-state index in [1.807, 2.05) is 0 Å². The van der Waals surface area contributed by atoms with Crippen LogP contribution in [0.15, 0.2) is 24.3 Å². The fourth-order valence-electron chi connectivity index (χ4n) is 1.34. The Balaban J connectivity index is 2.67. The first-order valence-electron chi connectivity index (χ1n) is 5.73. The molecule has 0 saturated carbocycles. The van der Waals surface area contributed by atoms with E-state index in [0.717, 1.165) is 17.0 Å². The Labute approximate surface area is 110 Å². The third kappa shape index (κ3) is 4.46. The molecule has 1 amide bonds. The van der Waals surface area contributed by atoms with E-state index in [4.69, 9.17) is 4.74 Å². The minimum atomic E-state index is -4.38. The van der Waals surface area contributed by atoms with Crippen molar-refractivity contribution in [1.82, 2.24) is 0 Å². The third-order valence-corrected chi connectivity index (χ3v) is 2.48. The van der Waals surface area contributed by atoms with Crippen molar-refractivity contribution >= 4 is 11.8 Å². The van der Waals surface area contributed by atoms with Gasteiger partial charge >= 0.3 is 12.3 Å². The molecule has 3 nitrogen and oxygen atoms in total. The molecule has 19 heavy (non-hydrogen) atoms. The van der Waals surface area contributed by atoms with E-state index in [-0.39, 0.29) is 6.61 Å². The highest BCUT2D eigenvalue weighted by Crippen LogP contribution is 2.30. The molecule has 0 aliphatic rings. The number of carbonyl (C=O) groups excluding carboxylic acids is 1. The molecule has 0 spiro atoms. The molecule has 6 heteroatoms. The summed E-state index contributed by atoms with van der Waals surface area (Å²) < 4.78 is 42.0. The number of unbranched alkanes of at least 4 members (excludes halogenated alkanes) is 1. The first-order valence-corrected chi connectivity index (χ1v) is 5.73. The Morgan fingerprint density at radius 3 is 2.37 bits per heavy atom. The number of ether oxygens (including phenoxy) is 1.